The van der Waals surface area contributed by atoms with Gasteiger partial charge in [-0.25, -0.2) is 21.6 Å². The molecule has 1 amide bonds. The van der Waals surface area contributed by atoms with Crippen molar-refractivity contribution >= 4 is 37.4 Å². The lowest BCUT2D eigenvalue weighted by molar-refractivity contribution is 0.0702. The number of hydrogen-bond donors (Lipinski definition) is 0. The average Bonchev–Trinajstić information content (AvgIpc) is 3.13. The first kappa shape index (κ1) is 19.9. The van der Waals surface area contributed by atoms with E-state index in [1.165, 1.54) is 17.0 Å². The number of thiophene rings is 1. The van der Waals surface area contributed by atoms with E-state index in [0.29, 0.717) is 15.0 Å². The van der Waals surface area contributed by atoms with Gasteiger partial charge in [0.05, 0.1) is 4.88 Å². The molecule has 1 fully saturated rings. The third-order valence-electron chi connectivity index (χ3n) is 4.76. The van der Waals surface area contributed by atoms with Crippen LogP contribution in [0.25, 0.3) is 10.1 Å². The van der Waals surface area contributed by atoms with Crippen LogP contribution in [0, 0.1) is 17.5 Å². The monoisotopic (exact) mass is 440 g/mol. The summed E-state index contributed by atoms with van der Waals surface area (Å²) >= 11 is 1.16. The predicted octanol–water partition coefficient (Wildman–Crippen LogP) is 3.47. The van der Waals surface area contributed by atoms with Crippen LogP contribution in [0.2, 0.25) is 0 Å². The summed E-state index contributed by atoms with van der Waals surface area (Å²) in [6, 6.07) is 8.94. The minimum atomic E-state index is -4.36. The summed E-state index contributed by atoms with van der Waals surface area (Å²) in [5, 5.41) is 0.358. The topological polar surface area (TPSA) is 57.7 Å². The summed E-state index contributed by atoms with van der Waals surface area (Å²) in [6.45, 7) is -0.0715. The zero-order valence-electron chi connectivity index (χ0n) is 14.9. The fraction of sp³-hybridized carbons (Fsp3) is 0.211. The van der Waals surface area contributed by atoms with Gasteiger partial charge in [0.2, 0.25) is 10.0 Å². The molecule has 3 aromatic rings. The number of sulfonamides is 1. The summed E-state index contributed by atoms with van der Waals surface area (Å²) in [5.74, 6) is -3.06. The van der Waals surface area contributed by atoms with Crippen LogP contribution in [-0.2, 0) is 10.0 Å². The molecule has 0 atom stereocenters. The number of carbonyl (C=O) groups excluding carboxylic acids is 1. The van der Waals surface area contributed by atoms with E-state index >= 15 is 0 Å². The molecule has 2 heterocycles. The number of halogens is 3. The summed E-state index contributed by atoms with van der Waals surface area (Å²) in [5.41, 5.74) is 0. The zero-order valence-corrected chi connectivity index (χ0v) is 16.6. The second-order valence-corrected chi connectivity index (χ2v) is 9.47. The fourth-order valence-corrected chi connectivity index (χ4v) is 5.85. The Morgan fingerprint density at radius 3 is 2.10 bits per heavy atom. The molecule has 10 heteroatoms. The summed E-state index contributed by atoms with van der Waals surface area (Å²) in [4.78, 5) is 13.6. The van der Waals surface area contributed by atoms with E-state index in [1.54, 1.807) is 12.1 Å². The standard InChI is InChI=1S/C19H15F3N2O3S2/c20-13-3-2-6-16-12(13)11-17(28-16)19(25)23-7-9-24(10-8-23)29(26,27)18-14(21)4-1-5-15(18)22/h1-6,11H,7-10H2. The molecule has 5 nitrogen and oxygen atoms in total. The second-order valence-electron chi connectivity index (χ2n) is 6.51. The van der Waals surface area contributed by atoms with Crippen molar-refractivity contribution in [1.82, 2.24) is 9.21 Å². The second kappa shape index (κ2) is 7.43. The van der Waals surface area contributed by atoms with Crippen LogP contribution >= 0.6 is 11.3 Å². The average molecular weight is 440 g/mol. The van der Waals surface area contributed by atoms with E-state index in [2.05, 4.69) is 0 Å². The van der Waals surface area contributed by atoms with Crippen LogP contribution in [0.4, 0.5) is 13.2 Å². The van der Waals surface area contributed by atoms with Gasteiger partial charge in [-0.3, -0.25) is 4.79 Å². The van der Waals surface area contributed by atoms with Gasteiger partial charge in [0.25, 0.3) is 5.91 Å². The Balaban J connectivity index is 1.51. The molecule has 1 saturated heterocycles. The number of amides is 1. The SMILES string of the molecule is O=C(c1cc2c(F)cccc2s1)N1CCN(S(=O)(=O)c2c(F)cccc2F)CC1. The van der Waals surface area contributed by atoms with Crippen molar-refractivity contribution in [2.75, 3.05) is 26.2 Å². The molecule has 0 N–H and O–H groups in total. The minimum absolute atomic E-state index is 0.0604. The maximum atomic E-state index is 13.9. The first-order chi connectivity index (χ1) is 13.8. The van der Waals surface area contributed by atoms with Crippen molar-refractivity contribution in [2.24, 2.45) is 0 Å². The van der Waals surface area contributed by atoms with Crippen molar-refractivity contribution in [3.63, 3.8) is 0 Å². The molecule has 1 aromatic heterocycles. The first-order valence-electron chi connectivity index (χ1n) is 8.70. The zero-order chi connectivity index (χ0) is 20.8. The number of benzene rings is 2. The van der Waals surface area contributed by atoms with Gasteiger partial charge < -0.3 is 4.90 Å². The summed E-state index contributed by atoms with van der Waals surface area (Å²) in [6.07, 6.45) is 0. The minimum Gasteiger partial charge on any atom is -0.335 e. The fourth-order valence-electron chi connectivity index (χ4n) is 3.28. The number of fused-ring (bicyclic) bond motifs is 1. The lowest BCUT2D eigenvalue weighted by Gasteiger charge is -2.33. The molecule has 0 bridgehead atoms. The van der Waals surface area contributed by atoms with E-state index in [1.807, 2.05) is 0 Å². The Morgan fingerprint density at radius 2 is 1.48 bits per heavy atom. The summed E-state index contributed by atoms with van der Waals surface area (Å²) < 4.78 is 68.6. The molecule has 29 heavy (non-hydrogen) atoms. The Labute approximate surface area is 169 Å². The summed E-state index contributed by atoms with van der Waals surface area (Å²) in [7, 11) is -4.36. The molecular weight excluding hydrogens is 425 g/mol. The van der Waals surface area contributed by atoms with Gasteiger partial charge in [-0.05, 0) is 30.3 Å². The van der Waals surface area contributed by atoms with Gasteiger partial charge in [-0.1, -0.05) is 12.1 Å². The lowest BCUT2D eigenvalue weighted by atomic mass is 10.2. The van der Waals surface area contributed by atoms with Crippen LogP contribution in [0.3, 0.4) is 0 Å². The molecule has 1 aliphatic rings. The Bertz CT molecular complexity index is 1180. The van der Waals surface area contributed by atoms with E-state index in [4.69, 9.17) is 0 Å². The van der Waals surface area contributed by atoms with E-state index < -0.39 is 32.4 Å². The van der Waals surface area contributed by atoms with Crippen LogP contribution in [0.15, 0.2) is 47.4 Å². The highest BCUT2D eigenvalue weighted by Gasteiger charge is 2.34. The highest BCUT2D eigenvalue weighted by Crippen LogP contribution is 2.29. The molecule has 0 saturated carbocycles. The largest absolute Gasteiger partial charge is 0.335 e. The smallest absolute Gasteiger partial charge is 0.264 e. The third-order valence-corrected chi connectivity index (χ3v) is 7.80. The van der Waals surface area contributed by atoms with Crippen molar-refractivity contribution in [3.05, 3.63) is 64.8 Å². The number of carbonyl (C=O) groups is 1. The van der Waals surface area contributed by atoms with Crippen LogP contribution in [0.1, 0.15) is 9.67 Å². The first-order valence-corrected chi connectivity index (χ1v) is 11.0. The van der Waals surface area contributed by atoms with Gasteiger partial charge in [0, 0.05) is 36.3 Å². The maximum Gasteiger partial charge on any atom is 0.264 e. The highest BCUT2D eigenvalue weighted by atomic mass is 32.2. The van der Waals surface area contributed by atoms with Crippen molar-refractivity contribution in [3.8, 4) is 0 Å². The van der Waals surface area contributed by atoms with Gasteiger partial charge in [0.15, 0.2) is 4.90 Å². The van der Waals surface area contributed by atoms with Crippen LogP contribution in [-0.4, -0.2) is 49.7 Å². The molecule has 1 aliphatic heterocycles. The van der Waals surface area contributed by atoms with Crippen LogP contribution in [0.5, 0.6) is 0 Å². The van der Waals surface area contributed by atoms with Gasteiger partial charge in [-0.15, -0.1) is 11.3 Å². The van der Waals surface area contributed by atoms with E-state index in [0.717, 1.165) is 33.8 Å². The van der Waals surface area contributed by atoms with E-state index in [9.17, 15) is 26.4 Å². The Morgan fingerprint density at radius 1 is 0.897 bits per heavy atom. The van der Waals surface area contributed by atoms with Gasteiger partial charge >= 0.3 is 0 Å². The molecule has 0 unspecified atom stereocenters. The number of nitrogens with zero attached hydrogens (tertiary/aromatic N) is 2. The highest BCUT2D eigenvalue weighted by molar-refractivity contribution is 7.89. The maximum absolute atomic E-state index is 13.9. The molecule has 2 aromatic carbocycles. The quantitative estimate of drug-likeness (QED) is 0.627. The molecule has 0 aliphatic carbocycles. The lowest BCUT2D eigenvalue weighted by Crippen LogP contribution is -2.50. The van der Waals surface area contributed by atoms with Crippen molar-refractivity contribution < 1.29 is 26.4 Å². The van der Waals surface area contributed by atoms with E-state index in [-0.39, 0.29) is 32.1 Å². The number of piperazine rings is 1. The molecular formula is C19H15F3N2O3S2. The predicted molar refractivity (Wildman–Crippen MR) is 103 cm³/mol. The molecule has 0 spiro atoms. The van der Waals surface area contributed by atoms with Crippen molar-refractivity contribution in [1.29, 1.82) is 0 Å². The van der Waals surface area contributed by atoms with Gasteiger partial charge in [-0.2, -0.15) is 4.31 Å². The Hall–Kier alpha value is -2.43. The number of hydrogen-bond acceptors (Lipinski definition) is 4. The normalized spacial score (nSPS) is 15.8. The third kappa shape index (κ3) is 3.52. The number of rotatable bonds is 3. The molecule has 152 valence electrons. The molecule has 4 rings (SSSR count). The Kier molecular flexibility index (Phi) is 5.09. The molecule has 0 radical (unpaired) electrons. The van der Waals surface area contributed by atoms with Crippen molar-refractivity contribution in [2.45, 2.75) is 4.90 Å². The van der Waals surface area contributed by atoms with Crippen LogP contribution < -0.4 is 0 Å². The van der Waals surface area contributed by atoms with Gasteiger partial charge in [0.1, 0.15) is 17.5 Å².